The van der Waals surface area contributed by atoms with Crippen LogP contribution in [0.15, 0.2) is 48.7 Å². The van der Waals surface area contributed by atoms with E-state index in [4.69, 9.17) is 12.2 Å². The van der Waals surface area contributed by atoms with Crippen LogP contribution >= 0.6 is 12.2 Å². The number of hydrogen-bond acceptors (Lipinski definition) is 2. The number of nitrogens with zero attached hydrogens (tertiary/aromatic N) is 3. The van der Waals surface area contributed by atoms with Gasteiger partial charge in [-0.05, 0) is 93.4 Å². The van der Waals surface area contributed by atoms with Crippen LogP contribution in [0.25, 0.3) is 5.69 Å². The summed E-state index contributed by atoms with van der Waals surface area (Å²) < 4.78 is 2.38. The Morgan fingerprint density at radius 3 is 2.42 bits per heavy atom. The van der Waals surface area contributed by atoms with Crippen molar-refractivity contribution in [3.8, 4) is 5.69 Å². The second-order valence-electron chi connectivity index (χ2n) is 8.68. The van der Waals surface area contributed by atoms with Crippen molar-refractivity contribution in [1.82, 2.24) is 19.8 Å². The van der Waals surface area contributed by atoms with Crippen molar-refractivity contribution >= 4 is 17.3 Å². The lowest BCUT2D eigenvalue weighted by atomic mass is 9.96. The largest absolute Gasteiger partial charge is 0.352 e. The SMILES string of the molecule is CCCCN1C(=S)N[C@H](c2ccccn2)[C@@H]1c1cc(C)n(-c2cc(C)cc(C)c2)c1C. The lowest BCUT2D eigenvalue weighted by Crippen LogP contribution is -2.30. The molecular weight excluding hydrogens is 400 g/mol. The zero-order valence-corrected chi connectivity index (χ0v) is 20.0. The number of benzene rings is 1. The molecule has 0 spiro atoms. The van der Waals surface area contributed by atoms with Crippen LogP contribution in [0.4, 0.5) is 0 Å². The molecule has 4 rings (SSSR count). The van der Waals surface area contributed by atoms with Crippen molar-refractivity contribution in [2.24, 2.45) is 0 Å². The molecular formula is C26H32N4S. The first-order chi connectivity index (χ1) is 14.9. The molecule has 2 atom stereocenters. The number of aryl methyl sites for hydroxylation is 3. The Bertz CT molecular complexity index is 1070. The Morgan fingerprint density at radius 1 is 1.03 bits per heavy atom. The van der Waals surface area contributed by atoms with Gasteiger partial charge >= 0.3 is 0 Å². The van der Waals surface area contributed by atoms with Gasteiger partial charge in [0.25, 0.3) is 0 Å². The third-order valence-corrected chi connectivity index (χ3v) is 6.56. The number of aromatic nitrogens is 2. The normalized spacial score (nSPS) is 18.5. The molecule has 5 heteroatoms. The molecule has 2 aromatic heterocycles. The Balaban J connectivity index is 1.83. The average molecular weight is 433 g/mol. The Kier molecular flexibility index (Phi) is 6.15. The number of unbranched alkanes of at least 4 members (excludes halogenated alkanes) is 1. The summed E-state index contributed by atoms with van der Waals surface area (Å²) in [6.45, 7) is 11.9. The summed E-state index contributed by atoms with van der Waals surface area (Å²) in [5.41, 5.74) is 8.64. The smallest absolute Gasteiger partial charge is 0.170 e. The van der Waals surface area contributed by atoms with Crippen molar-refractivity contribution in [1.29, 1.82) is 0 Å². The van der Waals surface area contributed by atoms with E-state index in [2.05, 4.69) is 90.8 Å². The summed E-state index contributed by atoms with van der Waals surface area (Å²) in [6, 6.07) is 15.4. The first kappa shape index (κ1) is 21.6. The summed E-state index contributed by atoms with van der Waals surface area (Å²) >= 11 is 5.80. The summed E-state index contributed by atoms with van der Waals surface area (Å²) in [5, 5.41) is 4.40. The fraction of sp³-hybridized carbons (Fsp3) is 0.385. The summed E-state index contributed by atoms with van der Waals surface area (Å²) in [6.07, 6.45) is 4.12. The summed E-state index contributed by atoms with van der Waals surface area (Å²) in [7, 11) is 0. The quantitative estimate of drug-likeness (QED) is 0.493. The predicted octanol–water partition coefficient (Wildman–Crippen LogP) is 5.88. The highest BCUT2D eigenvalue weighted by Crippen LogP contribution is 2.41. The van der Waals surface area contributed by atoms with Gasteiger partial charge in [-0.2, -0.15) is 0 Å². The number of rotatable bonds is 6. The van der Waals surface area contributed by atoms with Gasteiger partial charge in [0.1, 0.15) is 0 Å². The highest BCUT2D eigenvalue weighted by atomic mass is 32.1. The molecule has 0 amide bonds. The minimum absolute atomic E-state index is 0.0405. The molecule has 0 radical (unpaired) electrons. The minimum Gasteiger partial charge on any atom is -0.352 e. The van der Waals surface area contributed by atoms with E-state index in [0.29, 0.717) is 0 Å². The standard InChI is InChI=1S/C26H32N4S/c1-6-7-12-29-25(24(28-26(29)31)23-10-8-9-11-27-23)22-16-19(4)30(20(22)5)21-14-17(2)13-18(3)15-21/h8-11,13-16,24-25H,6-7,12H2,1-5H3,(H,28,31)/t24-,25+/m1/s1. The van der Waals surface area contributed by atoms with Crippen molar-refractivity contribution in [3.05, 3.63) is 82.4 Å². The lowest BCUT2D eigenvalue weighted by molar-refractivity contribution is 0.312. The molecule has 31 heavy (non-hydrogen) atoms. The molecule has 1 aliphatic rings. The van der Waals surface area contributed by atoms with Gasteiger partial charge in [0, 0.05) is 29.8 Å². The van der Waals surface area contributed by atoms with Gasteiger partial charge in [0.2, 0.25) is 0 Å². The zero-order chi connectivity index (χ0) is 22.1. The van der Waals surface area contributed by atoms with Gasteiger partial charge in [-0.15, -0.1) is 0 Å². The third kappa shape index (κ3) is 4.11. The number of pyridine rings is 1. The van der Waals surface area contributed by atoms with E-state index in [9.17, 15) is 0 Å². The van der Waals surface area contributed by atoms with Crippen LogP contribution in [0.3, 0.4) is 0 Å². The van der Waals surface area contributed by atoms with Crippen molar-refractivity contribution in [2.75, 3.05) is 6.54 Å². The highest BCUT2D eigenvalue weighted by molar-refractivity contribution is 7.80. The zero-order valence-electron chi connectivity index (χ0n) is 19.1. The molecule has 1 aliphatic heterocycles. The molecule has 162 valence electrons. The van der Waals surface area contributed by atoms with E-state index in [-0.39, 0.29) is 12.1 Å². The monoisotopic (exact) mass is 432 g/mol. The first-order valence-corrected chi connectivity index (χ1v) is 11.6. The van der Waals surface area contributed by atoms with Gasteiger partial charge in [-0.3, -0.25) is 4.98 Å². The molecule has 1 N–H and O–H groups in total. The number of hydrogen-bond donors (Lipinski definition) is 1. The first-order valence-electron chi connectivity index (χ1n) is 11.2. The summed E-state index contributed by atoms with van der Waals surface area (Å²) in [4.78, 5) is 7.04. The summed E-state index contributed by atoms with van der Waals surface area (Å²) in [5.74, 6) is 0. The fourth-order valence-electron chi connectivity index (χ4n) is 4.88. The molecule has 0 saturated carbocycles. The van der Waals surface area contributed by atoms with Crippen molar-refractivity contribution in [3.63, 3.8) is 0 Å². The van der Waals surface area contributed by atoms with E-state index in [0.717, 1.165) is 30.2 Å². The van der Waals surface area contributed by atoms with Crippen LogP contribution in [0.1, 0.15) is 65.6 Å². The van der Waals surface area contributed by atoms with E-state index < -0.39 is 0 Å². The molecule has 1 aromatic carbocycles. The van der Waals surface area contributed by atoms with E-state index in [1.807, 2.05) is 12.3 Å². The Morgan fingerprint density at radius 2 is 1.77 bits per heavy atom. The Hall–Kier alpha value is -2.66. The number of thiocarbonyl (C=S) groups is 1. The second-order valence-corrected chi connectivity index (χ2v) is 9.07. The third-order valence-electron chi connectivity index (χ3n) is 6.20. The molecule has 4 nitrogen and oxygen atoms in total. The molecule has 0 unspecified atom stereocenters. The average Bonchev–Trinajstić information content (AvgIpc) is 3.21. The molecule has 1 fully saturated rings. The van der Waals surface area contributed by atoms with Crippen molar-refractivity contribution in [2.45, 2.75) is 59.5 Å². The minimum atomic E-state index is 0.0405. The van der Waals surface area contributed by atoms with Gasteiger partial charge in [0.15, 0.2) is 5.11 Å². The van der Waals surface area contributed by atoms with Crippen LogP contribution in [-0.2, 0) is 0 Å². The van der Waals surface area contributed by atoms with Crippen LogP contribution in [0.5, 0.6) is 0 Å². The maximum absolute atomic E-state index is 5.80. The lowest BCUT2D eigenvalue weighted by Gasteiger charge is -2.28. The highest BCUT2D eigenvalue weighted by Gasteiger charge is 2.41. The second kappa shape index (κ2) is 8.83. The van der Waals surface area contributed by atoms with E-state index in [1.54, 1.807) is 0 Å². The molecule has 1 saturated heterocycles. The molecule has 3 heterocycles. The van der Waals surface area contributed by atoms with Gasteiger partial charge in [-0.25, -0.2) is 0 Å². The van der Waals surface area contributed by atoms with Crippen LogP contribution in [0, 0.1) is 27.7 Å². The maximum Gasteiger partial charge on any atom is 0.170 e. The number of nitrogens with one attached hydrogen (secondary N) is 1. The van der Waals surface area contributed by atoms with Gasteiger partial charge < -0.3 is 14.8 Å². The van der Waals surface area contributed by atoms with E-state index in [1.165, 1.54) is 33.8 Å². The molecule has 0 aliphatic carbocycles. The van der Waals surface area contributed by atoms with Gasteiger partial charge in [-0.1, -0.05) is 25.5 Å². The fourth-order valence-corrected chi connectivity index (χ4v) is 5.21. The van der Waals surface area contributed by atoms with Crippen LogP contribution in [0.2, 0.25) is 0 Å². The van der Waals surface area contributed by atoms with Crippen LogP contribution in [-0.4, -0.2) is 26.1 Å². The maximum atomic E-state index is 5.80. The Labute approximate surface area is 191 Å². The van der Waals surface area contributed by atoms with Crippen molar-refractivity contribution < 1.29 is 0 Å². The molecule has 3 aromatic rings. The molecule has 0 bridgehead atoms. The predicted molar refractivity (Wildman–Crippen MR) is 132 cm³/mol. The van der Waals surface area contributed by atoms with E-state index >= 15 is 0 Å². The van der Waals surface area contributed by atoms with Crippen LogP contribution < -0.4 is 5.32 Å². The topological polar surface area (TPSA) is 33.1 Å². The van der Waals surface area contributed by atoms with Gasteiger partial charge in [0.05, 0.1) is 17.8 Å².